The van der Waals surface area contributed by atoms with Crippen molar-refractivity contribution in [3.05, 3.63) is 54.1 Å². The number of rotatable bonds is 6. The van der Waals surface area contributed by atoms with Gasteiger partial charge in [-0.15, -0.1) is 0 Å². The van der Waals surface area contributed by atoms with Crippen LogP contribution in [0.25, 0.3) is 0 Å². The van der Waals surface area contributed by atoms with Crippen LogP contribution in [0.4, 0.5) is 11.4 Å². The van der Waals surface area contributed by atoms with Crippen LogP contribution in [-0.4, -0.2) is 44.6 Å². The summed E-state index contributed by atoms with van der Waals surface area (Å²) in [6.07, 6.45) is 2.32. The Morgan fingerprint density at radius 2 is 1.93 bits per heavy atom. The van der Waals surface area contributed by atoms with E-state index in [0.717, 1.165) is 36.6 Å². The molecular weight excluding hydrogens is 338 g/mol. The molecule has 1 saturated heterocycles. The summed E-state index contributed by atoms with van der Waals surface area (Å²) in [4.78, 5) is 15.2. The van der Waals surface area contributed by atoms with Crippen molar-refractivity contribution in [2.24, 2.45) is 5.41 Å². The zero-order valence-electron chi connectivity index (χ0n) is 16.4. The molecule has 1 amide bonds. The van der Waals surface area contributed by atoms with Crippen LogP contribution in [0.3, 0.4) is 0 Å². The van der Waals surface area contributed by atoms with Gasteiger partial charge in [0.15, 0.2) is 0 Å². The van der Waals surface area contributed by atoms with Gasteiger partial charge in [-0.25, -0.2) is 0 Å². The zero-order chi connectivity index (χ0) is 19.3. The van der Waals surface area contributed by atoms with Crippen LogP contribution in [0.2, 0.25) is 0 Å². The summed E-state index contributed by atoms with van der Waals surface area (Å²) < 4.78 is 5.19. The molecule has 5 nitrogen and oxygen atoms in total. The van der Waals surface area contributed by atoms with E-state index >= 15 is 0 Å². The Morgan fingerprint density at radius 1 is 1.19 bits per heavy atom. The molecule has 27 heavy (non-hydrogen) atoms. The van der Waals surface area contributed by atoms with Gasteiger partial charge < -0.3 is 20.3 Å². The van der Waals surface area contributed by atoms with Crippen molar-refractivity contribution < 1.29 is 9.53 Å². The first-order valence-electron chi connectivity index (χ1n) is 9.46. The highest BCUT2D eigenvalue weighted by Gasteiger charge is 2.30. The number of carbonyl (C=O) groups is 1. The molecule has 0 aromatic heterocycles. The van der Waals surface area contributed by atoms with Gasteiger partial charge in [0.25, 0.3) is 5.91 Å². The highest BCUT2D eigenvalue weighted by molar-refractivity contribution is 6.00. The van der Waals surface area contributed by atoms with Crippen molar-refractivity contribution in [3.8, 4) is 5.75 Å². The highest BCUT2D eigenvalue weighted by Crippen LogP contribution is 2.28. The number of benzene rings is 2. The first-order valence-corrected chi connectivity index (χ1v) is 9.46. The summed E-state index contributed by atoms with van der Waals surface area (Å²) in [6, 6.07) is 15.3. The Labute approximate surface area is 161 Å². The number of anilines is 2. The van der Waals surface area contributed by atoms with Crippen molar-refractivity contribution in [2.75, 3.05) is 39.1 Å². The number of hydrogen-bond acceptors (Lipinski definition) is 4. The monoisotopic (exact) mass is 367 g/mol. The number of nitrogens with one attached hydrogen (secondary N) is 2. The molecule has 2 N–H and O–H groups in total. The number of methoxy groups -OCH3 is 1. The van der Waals surface area contributed by atoms with E-state index in [9.17, 15) is 4.79 Å². The van der Waals surface area contributed by atoms with Gasteiger partial charge in [-0.2, -0.15) is 0 Å². The number of carbonyl (C=O) groups excluding carboxylic acids is 1. The van der Waals surface area contributed by atoms with Crippen molar-refractivity contribution in [3.63, 3.8) is 0 Å². The van der Waals surface area contributed by atoms with Crippen LogP contribution >= 0.6 is 0 Å². The number of piperidine rings is 1. The van der Waals surface area contributed by atoms with Crippen molar-refractivity contribution >= 4 is 17.3 Å². The average Bonchev–Trinajstić information content (AvgIpc) is 2.67. The van der Waals surface area contributed by atoms with Gasteiger partial charge in [-0.3, -0.25) is 4.79 Å². The van der Waals surface area contributed by atoms with Crippen molar-refractivity contribution in [2.45, 2.75) is 19.8 Å². The maximum Gasteiger partial charge on any atom is 0.253 e. The van der Waals surface area contributed by atoms with Crippen LogP contribution in [-0.2, 0) is 0 Å². The van der Waals surface area contributed by atoms with E-state index in [1.54, 1.807) is 7.11 Å². The Kier molecular flexibility index (Phi) is 6.01. The SMILES string of the molecule is COc1ccc(Nc2ccccc2C(=O)NCC2(C)CCCN(C)C2)cc1. The molecule has 0 spiro atoms. The Balaban J connectivity index is 1.68. The smallest absolute Gasteiger partial charge is 0.253 e. The predicted molar refractivity (Wildman–Crippen MR) is 110 cm³/mol. The second kappa shape index (κ2) is 8.44. The summed E-state index contributed by atoms with van der Waals surface area (Å²) in [6.45, 7) is 5.09. The molecule has 2 aromatic rings. The van der Waals surface area contributed by atoms with Crippen LogP contribution < -0.4 is 15.4 Å². The number of likely N-dealkylation sites (tertiary alicyclic amines) is 1. The summed E-state index contributed by atoms with van der Waals surface area (Å²) in [7, 11) is 3.79. The van der Waals surface area contributed by atoms with Crippen molar-refractivity contribution in [1.29, 1.82) is 0 Å². The molecule has 1 unspecified atom stereocenters. The Morgan fingerprint density at radius 3 is 2.63 bits per heavy atom. The summed E-state index contributed by atoms with van der Waals surface area (Å²) in [5, 5.41) is 6.48. The fourth-order valence-corrected chi connectivity index (χ4v) is 3.74. The topological polar surface area (TPSA) is 53.6 Å². The van der Waals surface area contributed by atoms with Gasteiger partial charge in [0.2, 0.25) is 0 Å². The molecule has 1 atom stereocenters. The van der Waals surface area contributed by atoms with E-state index in [0.29, 0.717) is 12.1 Å². The lowest BCUT2D eigenvalue weighted by Gasteiger charge is -2.38. The Hall–Kier alpha value is -2.53. The van der Waals surface area contributed by atoms with Crippen LogP contribution in [0, 0.1) is 5.41 Å². The average molecular weight is 367 g/mol. The molecule has 0 radical (unpaired) electrons. The summed E-state index contributed by atoms with van der Waals surface area (Å²) >= 11 is 0. The highest BCUT2D eigenvalue weighted by atomic mass is 16.5. The lowest BCUT2D eigenvalue weighted by Crippen LogP contribution is -2.46. The molecule has 0 saturated carbocycles. The first-order chi connectivity index (χ1) is 13.0. The number of amides is 1. The van der Waals surface area contributed by atoms with Gasteiger partial charge in [0.05, 0.1) is 18.4 Å². The number of para-hydroxylation sites is 1. The van der Waals surface area contributed by atoms with E-state index in [1.807, 2.05) is 48.5 Å². The molecule has 144 valence electrons. The minimum absolute atomic E-state index is 0.0407. The third-order valence-corrected chi connectivity index (χ3v) is 5.19. The minimum Gasteiger partial charge on any atom is -0.497 e. The molecule has 0 bridgehead atoms. The van der Waals surface area contributed by atoms with E-state index in [2.05, 4.69) is 29.5 Å². The van der Waals surface area contributed by atoms with Gasteiger partial charge in [0, 0.05) is 18.8 Å². The second-order valence-electron chi connectivity index (χ2n) is 7.73. The third-order valence-electron chi connectivity index (χ3n) is 5.19. The minimum atomic E-state index is -0.0407. The van der Waals surface area contributed by atoms with E-state index in [-0.39, 0.29) is 11.3 Å². The van der Waals surface area contributed by atoms with Crippen LogP contribution in [0.5, 0.6) is 5.75 Å². The summed E-state index contributed by atoms with van der Waals surface area (Å²) in [5.41, 5.74) is 2.49. The number of nitrogens with zero attached hydrogens (tertiary/aromatic N) is 1. The fourth-order valence-electron chi connectivity index (χ4n) is 3.74. The van der Waals surface area contributed by atoms with E-state index in [1.165, 1.54) is 6.42 Å². The largest absolute Gasteiger partial charge is 0.497 e. The Bertz CT molecular complexity index is 775. The predicted octanol–water partition coefficient (Wildman–Crippen LogP) is 3.90. The standard InChI is InChI=1S/C22H29N3O2/c1-22(13-6-14-25(2)16-22)15-23-21(26)19-7-4-5-8-20(19)24-17-9-11-18(27-3)12-10-17/h4-5,7-12,24H,6,13-16H2,1-3H3,(H,23,26). The molecule has 1 heterocycles. The maximum absolute atomic E-state index is 12.8. The molecule has 1 fully saturated rings. The molecule has 2 aromatic carbocycles. The quantitative estimate of drug-likeness (QED) is 0.813. The van der Waals surface area contributed by atoms with Gasteiger partial charge in [-0.05, 0) is 68.2 Å². The van der Waals surface area contributed by atoms with Crippen molar-refractivity contribution in [1.82, 2.24) is 10.2 Å². The van der Waals surface area contributed by atoms with E-state index < -0.39 is 0 Å². The maximum atomic E-state index is 12.8. The molecule has 3 rings (SSSR count). The van der Waals surface area contributed by atoms with E-state index in [4.69, 9.17) is 4.74 Å². The first kappa shape index (κ1) is 19.2. The number of ether oxygens (including phenoxy) is 1. The lowest BCUT2D eigenvalue weighted by atomic mass is 9.82. The molecule has 1 aliphatic heterocycles. The molecule has 1 aliphatic rings. The summed E-state index contributed by atoms with van der Waals surface area (Å²) in [5.74, 6) is 0.762. The van der Waals surface area contributed by atoms with Crippen LogP contribution in [0.15, 0.2) is 48.5 Å². The third kappa shape index (κ3) is 5.01. The second-order valence-corrected chi connectivity index (χ2v) is 7.73. The lowest BCUT2D eigenvalue weighted by molar-refractivity contribution is 0.0874. The molecular formula is C22H29N3O2. The fraction of sp³-hybridized carbons (Fsp3) is 0.409. The zero-order valence-corrected chi connectivity index (χ0v) is 16.4. The van der Waals surface area contributed by atoms with Gasteiger partial charge >= 0.3 is 0 Å². The van der Waals surface area contributed by atoms with Crippen LogP contribution in [0.1, 0.15) is 30.1 Å². The number of hydrogen-bond donors (Lipinski definition) is 2. The molecule has 0 aliphatic carbocycles. The van der Waals surface area contributed by atoms with Gasteiger partial charge in [0.1, 0.15) is 5.75 Å². The normalized spacial score (nSPS) is 20.1. The molecule has 5 heteroatoms. The van der Waals surface area contributed by atoms with Gasteiger partial charge in [-0.1, -0.05) is 19.1 Å².